The molecule has 0 unspecified atom stereocenters. The van der Waals surface area contributed by atoms with Crippen LogP contribution in [0.3, 0.4) is 0 Å². The van der Waals surface area contributed by atoms with Gasteiger partial charge in [-0.2, -0.15) is 5.10 Å². The monoisotopic (exact) mass is 302 g/mol. The van der Waals surface area contributed by atoms with E-state index < -0.39 is 0 Å². The fraction of sp³-hybridized carbons (Fsp3) is 0.750. The molecule has 1 aliphatic rings. The lowest BCUT2D eigenvalue weighted by Gasteiger charge is -2.22. The maximum Gasteiger partial charge on any atom is 0.157 e. The third-order valence-electron chi connectivity index (χ3n) is 3.04. The Balaban J connectivity index is 1.79. The molecular weight excluding hydrogens is 284 g/mol. The van der Waals surface area contributed by atoms with Crippen LogP contribution in [0.15, 0.2) is 4.47 Å². The molecule has 0 amide bonds. The molecular formula is C12H19BrN2O2. The normalized spacial score (nSPS) is 20.8. The number of rotatable bonds is 4. The molecule has 0 aromatic carbocycles. The molecule has 2 heterocycles. The molecule has 1 aromatic rings. The molecule has 0 spiro atoms. The van der Waals surface area contributed by atoms with E-state index in [0.717, 1.165) is 41.9 Å². The number of halogens is 1. The van der Waals surface area contributed by atoms with Gasteiger partial charge in [0.1, 0.15) is 0 Å². The molecule has 0 N–H and O–H groups in total. The van der Waals surface area contributed by atoms with Gasteiger partial charge in [0.05, 0.1) is 23.3 Å². The first-order valence-corrected chi connectivity index (χ1v) is 6.90. The van der Waals surface area contributed by atoms with Crippen LogP contribution in [0.5, 0.6) is 0 Å². The highest BCUT2D eigenvalue weighted by molar-refractivity contribution is 9.10. The molecule has 0 saturated carbocycles. The molecule has 1 saturated heterocycles. The minimum absolute atomic E-state index is 0.0100. The maximum atomic E-state index is 5.69. The van der Waals surface area contributed by atoms with Crippen molar-refractivity contribution >= 4 is 15.9 Å². The fourth-order valence-corrected chi connectivity index (χ4v) is 2.29. The predicted molar refractivity (Wildman–Crippen MR) is 68.9 cm³/mol. The molecule has 1 atom stereocenters. The van der Waals surface area contributed by atoms with Crippen molar-refractivity contribution in [2.24, 2.45) is 0 Å². The molecule has 0 aliphatic carbocycles. The van der Waals surface area contributed by atoms with Crippen molar-refractivity contribution in [2.45, 2.75) is 45.9 Å². The Bertz CT molecular complexity index is 373. The molecule has 2 rings (SSSR count). The van der Waals surface area contributed by atoms with E-state index in [1.54, 1.807) is 0 Å². The van der Waals surface area contributed by atoms with Crippen LogP contribution >= 0.6 is 15.9 Å². The number of aromatic nitrogens is 2. The summed E-state index contributed by atoms with van der Waals surface area (Å²) in [6.45, 7) is 6.31. The summed E-state index contributed by atoms with van der Waals surface area (Å²) in [6, 6.07) is 0. The molecule has 1 aliphatic heterocycles. The maximum absolute atomic E-state index is 5.69. The standard InChI is InChI=1S/C12H19BrN2O2/c1-9-12(13)10(2)15(14-9)6-8-17-11-5-3-4-7-16-11/h11H,3-8H2,1-2H3/t11-/m1/s1. The zero-order chi connectivity index (χ0) is 12.3. The smallest absolute Gasteiger partial charge is 0.157 e. The van der Waals surface area contributed by atoms with Crippen LogP contribution in [0.1, 0.15) is 30.7 Å². The summed E-state index contributed by atoms with van der Waals surface area (Å²) in [5.74, 6) is 0. The van der Waals surface area contributed by atoms with E-state index in [1.165, 1.54) is 6.42 Å². The number of aryl methyl sites for hydroxylation is 1. The van der Waals surface area contributed by atoms with Gasteiger partial charge in [-0.1, -0.05) is 0 Å². The van der Waals surface area contributed by atoms with Gasteiger partial charge < -0.3 is 9.47 Å². The molecule has 1 fully saturated rings. The average Bonchev–Trinajstić information content (AvgIpc) is 2.59. The molecule has 96 valence electrons. The van der Waals surface area contributed by atoms with E-state index in [2.05, 4.69) is 28.0 Å². The molecule has 0 bridgehead atoms. The van der Waals surface area contributed by atoms with Gasteiger partial charge in [-0.05, 0) is 49.0 Å². The van der Waals surface area contributed by atoms with E-state index in [0.29, 0.717) is 6.61 Å². The van der Waals surface area contributed by atoms with Crippen molar-refractivity contribution in [1.29, 1.82) is 0 Å². The molecule has 17 heavy (non-hydrogen) atoms. The summed E-state index contributed by atoms with van der Waals surface area (Å²) in [6.07, 6.45) is 3.37. The van der Waals surface area contributed by atoms with Gasteiger partial charge in [-0.3, -0.25) is 4.68 Å². The zero-order valence-corrected chi connectivity index (χ0v) is 12.0. The van der Waals surface area contributed by atoms with E-state index >= 15 is 0 Å². The lowest BCUT2D eigenvalue weighted by molar-refractivity contribution is -0.163. The van der Waals surface area contributed by atoms with Crippen LogP contribution < -0.4 is 0 Å². The van der Waals surface area contributed by atoms with Crippen molar-refractivity contribution < 1.29 is 9.47 Å². The Morgan fingerprint density at radius 3 is 2.88 bits per heavy atom. The second kappa shape index (κ2) is 5.98. The van der Waals surface area contributed by atoms with E-state index in [4.69, 9.17) is 9.47 Å². The molecule has 4 nitrogen and oxygen atoms in total. The summed E-state index contributed by atoms with van der Waals surface area (Å²) in [5.41, 5.74) is 2.17. The van der Waals surface area contributed by atoms with Crippen LogP contribution in [-0.4, -0.2) is 29.3 Å². The Labute approximate surface area is 110 Å². The lowest BCUT2D eigenvalue weighted by Crippen LogP contribution is -2.24. The Hall–Kier alpha value is -0.390. The van der Waals surface area contributed by atoms with E-state index in [1.807, 2.05) is 11.6 Å². The van der Waals surface area contributed by atoms with Crippen molar-refractivity contribution in [3.05, 3.63) is 15.9 Å². The average molecular weight is 303 g/mol. The minimum atomic E-state index is -0.0100. The number of hydrogen-bond acceptors (Lipinski definition) is 3. The third-order valence-corrected chi connectivity index (χ3v) is 4.19. The molecule has 1 aromatic heterocycles. The number of nitrogens with zero attached hydrogens (tertiary/aromatic N) is 2. The van der Waals surface area contributed by atoms with Crippen LogP contribution in [0.2, 0.25) is 0 Å². The van der Waals surface area contributed by atoms with Gasteiger partial charge in [0, 0.05) is 12.3 Å². The van der Waals surface area contributed by atoms with Gasteiger partial charge in [-0.15, -0.1) is 0 Å². The van der Waals surface area contributed by atoms with Gasteiger partial charge in [0.25, 0.3) is 0 Å². The second-order valence-corrected chi connectivity index (χ2v) is 5.17. The largest absolute Gasteiger partial charge is 0.353 e. The first kappa shape index (κ1) is 13.1. The van der Waals surface area contributed by atoms with Gasteiger partial charge in [-0.25, -0.2) is 0 Å². The SMILES string of the molecule is Cc1nn(CCO[C@@H]2CCCCO2)c(C)c1Br. The second-order valence-electron chi connectivity index (χ2n) is 4.37. The quantitative estimate of drug-likeness (QED) is 0.858. The summed E-state index contributed by atoms with van der Waals surface area (Å²) >= 11 is 3.52. The molecule has 0 radical (unpaired) electrons. The third kappa shape index (κ3) is 3.30. The first-order valence-electron chi connectivity index (χ1n) is 6.11. The summed E-state index contributed by atoms with van der Waals surface area (Å²) < 4.78 is 14.3. The van der Waals surface area contributed by atoms with Crippen molar-refractivity contribution in [3.8, 4) is 0 Å². The first-order chi connectivity index (χ1) is 8.18. The van der Waals surface area contributed by atoms with Crippen LogP contribution in [0.4, 0.5) is 0 Å². The van der Waals surface area contributed by atoms with Crippen LogP contribution in [0, 0.1) is 13.8 Å². The van der Waals surface area contributed by atoms with Gasteiger partial charge in [0.2, 0.25) is 0 Å². The summed E-state index contributed by atoms with van der Waals surface area (Å²) in [4.78, 5) is 0. The topological polar surface area (TPSA) is 36.3 Å². The predicted octanol–water partition coefficient (Wildman–Crippen LogP) is 2.81. The summed E-state index contributed by atoms with van der Waals surface area (Å²) in [5, 5.41) is 4.44. The minimum Gasteiger partial charge on any atom is -0.353 e. The lowest BCUT2D eigenvalue weighted by atomic mass is 10.2. The summed E-state index contributed by atoms with van der Waals surface area (Å²) in [7, 11) is 0. The Morgan fingerprint density at radius 1 is 1.47 bits per heavy atom. The Morgan fingerprint density at radius 2 is 2.29 bits per heavy atom. The highest BCUT2D eigenvalue weighted by Crippen LogP contribution is 2.19. The van der Waals surface area contributed by atoms with E-state index in [9.17, 15) is 0 Å². The van der Waals surface area contributed by atoms with Crippen molar-refractivity contribution in [1.82, 2.24) is 9.78 Å². The Kier molecular flexibility index (Phi) is 4.59. The highest BCUT2D eigenvalue weighted by Gasteiger charge is 2.14. The van der Waals surface area contributed by atoms with E-state index in [-0.39, 0.29) is 6.29 Å². The van der Waals surface area contributed by atoms with Gasteiger partial charge >= 0.3 is 0 Å². The van der Waals surface area contributed by atoms with Crippen molar-refractivity contribution in [2.75, 3.05) is 13.2 Å². The highest BCUT2D eigenvalue weighted by atomic mass is 79.9. The fourth-order valence-electron chi connectivity index (χ4n) is 2.01. The van der Waals surface area contributed by atoms with Gasteiger partial charge in [0.15, 0.2) is 6.29 Å². The number of ether oxygens (including phenoxy) is 2. The van der Waals surface area contributed by atoms with Crippen molar-refractivity contribution in [3.63, 3.8) is 0 Å². The van der Waals surface area contributed by atoms with Crippen LogP contribution in [-0.2, 0) is 16.0 Å². The van der Waals surface area contributed by atoms with Crippen LogP contribution in [0.25, 0.3) is 0 Å². The number of hydrogen-bond donors (Lipinski definition) is 0. The molecule has 5 heteroatoms. The zero-order valence-electron chi connectivity index (χ0n) is 10.4.